The Morgan fingerprint density at radius 1 is 1.03 bits per heavy atom. The summed E-state index contributed by atoms with van der Waals surface area (Å²) in [4.78, 5) is 26.4. The van der Waals surface area contributed by atoms with Gasteiger partial charge in [0.15, 0.2) is 4.96 Å². The zero-order valence-electron chi connectivity index (χ0n) is 19.0. The summed E-state index contributed by atoms with van der Waals surface area (Å²) in [7, 11) is 0. The second-order valence-corrected chi connectivity index (χ2v) is 8.77. The minimum absolute atomic E-state index is 0.122. The molecule has 3 heterocycles. The summed E-state index contributed by atoms with van der Waals surface area (Å²) in [6, 6.07) is 11.9. The lowest BCUT2D eigenvalue weighted by atomic mass is 10.1. The lowest BCUT2D eigenvalue weighted by Crippen LogP contribution is -2.29. The van der Waals surface area contributed by atoms with Crippen LogP contribution in [0.1, 0.15) is 15.9 Å². The number of nitrogens with zero attached hydrogens (tertiary/aromatic N) is 4. The van der Waals surface area contributed by atoms with Crippen molar-refractivity contribution >= 4 is 28.2 Å². The summed E-state index contributed by atoms with van der Waals surface area (Å²) in [6.45, 7) is 0.455. The number of thiazole rings is 1. The predicted molar refractivity (Wildman–Crippen MR) is 132 cm³/mol. The van der Waals surface area contributed by atoms with E-state index in [1.54, 1.807) is 24.4 Å². The monoisotopic (exact) mass is 526 g/mol. The Balaban J connectivity index is 1.27. The molecule has 0 unspecified atom stereocenters. The molecule has 0 atom stereocenters. The molecule has 0 fully saturated rings. The van der Waals surface area contributed by atoms with E-state index < -0.39 is 17.6 Å². The maximum absolute atomic E-state index is 13.9. The van der Waals surface area contributed by atoms with E-state index in [1.807, 2.05) is 16.0 Å². The van der Waals surface area contributed by atoms with Gasteiger partial charge in [0.05, 0.1) is 17.0 Å². The van der Waals surface area contributed by atoms with Gasteiger partial charge in [0.2, 0.25) is 5.95 Å². The Hall–Kier alpha value is -4.32. The second-order valence-electron chi connectivity index (χ2n) is 7.90. The molecule has 0 aliphatic carbocycles. The van der Waals surface area contributed by atoms with Gasteiger partial charge in [0, 0.05) is 42.0 Å². The van der Waals surface area contributed by atoms with Gasteiger partial charge < -0.3 is 10.6 Å². The number of imidazole rings is 1. The average molecular weight is 527 g/mol. The summed E-state index contributed by atoms with van der Waals surface area (Å²) >= 11 is 1.44. The molecule has 0 aliphatic rings. The van der Waals surface area contributed by atoms with Crippen LogP contribution >= 0.6 is 11.3 Å². The molecule has 12 heteroatoms. The van der Waals surface area contributed by atoms with Gasteiger partial charge in [-0.05, 0) is 42.5 Å². The summed E-state index contributed by atoms with van der Waals surface area (Å²) in [5.41, 5.74) is 1.75. The van der Waals surface area contributed by atoms with Crippen LogP contribution < -0.4 is 10.6 Å². The number of benzene rings is 2. The number of hydrogen-bond acceptors (Lipinski definition) is 6. The molecule has 37 heavy (non-hydrogen) atoms. The number of anilines is 1. The summed E-state index contributed by atoms with van der Waals surface area (Å²) in [5.74, 6) is -0.566. The number of hydrogen-bond donors (Lipinski definition) is 2. The number of halogens is 4. The van der Waals surface area contributed by atoms with Crippen LogP contribution in [0.25, 0.3) is 27.6 Å². The third-order valence-electron chi connectivity index (χ3n) is 5.43. The van der Waals surface area contributed by atoms with Crippen LogP contribution in [0.3, 0.4) is 0 Å². The maximum Gasteiger partial charge on any atom is 0.416 e. The first kappa shape index (κ1) is 24.4. The number of rotatable bonds is 7. The van der Waals surface area contributed by atoms with E-state index in [2.05, 4.69) is 25.6 Å². The van der Waals surface area contributed by atoms with Gasteiger partial charge in [-0.25, -0.2) is 19.3 Å². The van der Waals surface area contributed by atoms with Crippen LogP contribution in [0.2, 0.25) is 0 Å². The molecule has 0 radical (unpaired) electrons. The zero-order valence-corrected chi connectivity index (χ0v) is 19.8. The normalized spacial score (nSPS) is 11.6. The predicted octanol–water partition coefficient (Wildman–Crippen LogP) is 5.52. The first-order valence-electron chi connectivity index (χ1n) is 11.0. The molecule has 0 aliphatic heterocycles. The van der Waals surface area contributed by atoms with Gasteiger partial charge in [-0.2, -0.15) is 13.2 Å². The summed E-state index contributed by atoms with van der Waals surface area (Å²) in [5, 5.41) is 7.55. The maximum atomic E-state index is 13.9. The van der Waals surface area contributed by atoms with E-state index in [9.17, 15) is 22.4 Å². The minimum atomic E-state index is -4.46. The molecule has 3 aromatic heterocycles. The molecule has 5 rings (SSSR count). The van der Waals surface area contributed by atoms with Crippen molar-refractivity contribution in [3.05, 3.63) is 89.3 Å². The van der Waals surface area contributed by atoms with Crippen molar-refractivity contribution in [3.63, 3.8) is 0 Å². The van der Waals surface area contributed by atoms with Gasteiger partial charge in [-0.1, -0.05) is 12.1 Å². The van der Waals surface area contributed by atoms with Gasteiger partial charge in [-0.15, -0.1) is 11.3 Å². The second kappa shape index (κ2) is 9.97. The summed E-state index contributed by atoms with van der Waals surface area (Å²) < 4.78 is 53.8. The highest BCUT2D eigenvalue weighted by atomic mass is 32.1. The standard InChI is InChI=1S/C25H18F4N6OS/c26-18-3-1-2-16(14-18)20-21(35-12-13-37-24(35)34-20)19-8-9-31-23(33-19)32-11-10-30-22(36)15-4-6-17(7-5-15)25(27,28)29/h1-9,12-14H,10-11H2,(H,30,36)(H,31,32,33). The Kier molecular flexibility index (Phi) is 6.57. The molecule has 2 N–H and O–H groups in total. The van der Waals surface area contributed by atoms with Crippen LogP contribution in [0.15, 0.2) is 72.4 Å². The van der Waals surface area contributed by atoms with Gasteiger partial charge in [-0.3, -0.25) is 9.20 Å². The molecule has 0 saturated heterocycles. The lowest BCUT2D eigenvalue weighted by molar-refractivity contribution is -0.137. The van der Waals surface area contributed by atoms with Crippen molar-refractivity contribution in [2.75, 3.05) is 18.4 Å². The van der Waals surface area contributed by atoms with Crippen molar-refractivity contribution in [2.45, 2.75) is 6.18 Å². The number of alkyl halides is 3. The Bertz CT molecular complexity index is 1560. The van der Waals surface area contributed by atoms with Gasteiger partial charge in [0.1, 0.15) is 11.5 Å². The number of nitrogens with one attached hydrogen (secondary N) is 2. The smallest absolute Gasteiger partial charge is 0.352 e. The van der Waals surface area contributed by atoms with Crippen molar-refractivity contribution in [3.8, 4) is 22.6 Å². The number of aromatic nitrogens is 4. The highest BCUT2D eigenvalue weighted by Gasteiger charge is 2.30. The van der Waals surface area contributed by atoms with Crippen LogP contribution in [0, 0.1) is 5.82 Å². The number of amides is 1. The van der Waals surface area contributed by atoms with Crippen LogP contribution in [-0.2, 0) is 6.18 Å². The van der Waals surface area contributed by atoms with Crippen LogP contribution in [0.5, 0.6) is 0 Å². The fourth-order valence-electron chi connectivity index (χ4n) is 3.71. The van der Waals surface area contributed by atoms with Gasteiger partial charge >= 0.3 is 6.18 Å². The topological polar surface area (TPSA) is 84.2 Å². The van der Waals surface area contributed by atoms with Crippen molar-refractivity contribution in [2.24, 2.45) is 0 Å². The van der Waals surface area contributed by atoms with Crippen LogP contribution in [0.4, 0.5) is 23.5 Å². The number of carbonyl (C=O) groups excluding carboxylic acids is 1. The van der Waals surface area contributed by atoms with Crippen molar-refractivity contribution < 1.29 is 22.4 Å². The molecule has 0 saturated carbocycles. The molecule has 1 amide bonds. The first-order chi connectivity index (χ1) is 17.8. The molecular formula is C25H18F4N6OS. The third-order valence-corrected chi connectivity index (χ3v) is 6.18. The average Bonchev–Trinajstić information content (AvgIpc) is 3.48. The Morgan fingerprint density at radius 3 is 2.59 bits per heavy atom. The van der Waals surface area contributed by atoms with E-state index in [1.165, 1.54) is 23.5 Å². The van der Waals surface area contributed by atoms with Crippen molar-refractivity contribution in [1.29, 1.82) is 0 Å². The van der Waals surface area contributed by atoms with E-state index >= 15 is 0 Å². The Labute approximate surface area is 211 Å². The fraction of sp³-hybridized carbons (Fsp3) is 0.120. The molecule has 5 aromatic rings. The third kappa shape index (κ3) is 5.28. The quantitative estimate of drug-likeness (QED) is 0.216. The molecule has 0 spiro atoms. The molecular weight excluding hydrogens is 508 g/mol. The van der Waals surface area contributed by atoms with E-state index in [0.717, 1.165) is 29.2 Å². The largest absolute Gasteiger partial charge is 0.416 e. The highest BCUT2D eigenvalue weighted by Crippen LogP contribution is 2.34. The van der Waals surface area contributed by atoms with E-state index in [4.69, 9.17) is 0 Å². The fourth-order valence-corrected chi connectivity index (χ4v) is 4.42. The Morgan fingerprint density at radius 2 is 1.84 bits per heavy atom. The summed E-state index contributed by atoms with van der Waals surface area (Å²) in [6.07, 6.45) is -1.03. The SMILES string of the molecule is O=C(NCCNc1nccc(-c2c(-c3cccc(F)c3)nc3sccn23)n1)c1ccc(C(F)(F)F)cc1. The van der Waals surface area contributed by atoms with E-state index in [0.29, 0.717) is 28.6 Å². The molecule has 2 aromatic carbocycles. The minimum Gasteiger partial charge on any atom is -0.352 e. The van der Waals surface area contributed by atoms with Crippen LogP contribution in [-0.4, -0.2) is 38.3 Å². The van der Waals surface area contributed by atoms with E-state index in [-0.39, 0.29) is 24.5 Å². The zero-order chi connectivity index (χ0) is 26.0. The van der Waals surface area contributed by atoms with Crippen molar-refractivity contribution in [1.82, 2.24) is 24.7 Å². The first-order valence-corrected chi connectivity index (χ1v) is 11.9. The molecule has 0 bridgehead atoms. The lowest BCUT2D eigenvalue weighted by Gasteiger charge is -2.10. The number of fused-ring (bicyclic) bond motifs is 1. The molecule has 7 nitrogen and oxygen atoms in total. The highest BCUT2D eigenvalue weighted by molar-refractivity contribution is 7.15. The molecule has 188 valence electrons. The number of carbonyl (C=O) groups is 1. The van der Waals surface area contributed by atoms with Gasteiger partial charge in [0.25, 0.3) is 5.91 Å².